The number of methoxy groups -OCH3 is 1. The number of benzene rings is 2. The number of hydrogen-bond acceptors (Lipinski definition) is 5. The third-order valence-corrected chi connectivity index (χ3v) is 6.63. The zero-order valence-corrected chi connectivity index (χ0v) is 18.8. The quantitative estimate of drug-likeness (QED) is 0.431. The maximum Gasteiger partial charge on any atom is 0.357 e. The van der Waals surface area contributed by atoms with Crippen molar-refractivity contribution in [2.75, 3.05) is 12.4 Å². The molecule has 0 fully saturated rings. The summed E-state index contributed by atoms with van der Waals surface area (Å²) >= 11 is 3.43. The van der Waals surface area contributed by atoms with Crippen LogP contribution >= 0.6 is 23.5 Å². The van der Waals surface area contributed by atoms with Gasteiger partial charge < -0.3 is 19.1 Å². The second-order valence-electron chi connectivity index (χ2n) is 6.68. The van der Waals surface area contributed by atoms with Crippen LogP contribution in [0.1, 0.15) is 39.0 Å². The van der Waals surface area contributed by atoms with Crippen LogP contribution in [-0.4, -0.2) is 19.3 Å². The van der Waals surface area contributed by atoms with Gasteiger partial charge in [0, 0.05) is 10.2 Å². The molecule has 0 unspecified atom stereocenters. The van der Waals surface area contributed by atoms with Gasteiger partial charge in [-0.3, -0.25) is 4.57 Å². The van der Waals surface area contributed by atoms with Crippen LogP contribution in [0, 0.1) is 0 Å². The van der Waals surface area contributed by atoms with E-state index < -0.39 is 13.4 Å². The summed E-state index contributed by atoms with van der Waals surface area (Å²) in [5.74, 6) is 0.0694. The molecule has 2 aromatic rings. The van der Waals surface area contributed by atoms with Gasteiger partial charge in [-0.05, 0) is 69.7 Å². The largest absolute Gasteiger partial charge is 0.497 e. The van der Waals surface area contributed by atoms with E-state index in [0.717, 1.165) is 21.5 Å². The van der Waals surface area contributed by atoms with E-state index in [9.17, 15) is 4.57 Å². The SMILES string of the molecule is COc1ccc([C@H](Nc2ccc(Br)cc2)P(=O)(OC(C)C)OC(C)C)cc1. The van der Waals surface area contributed by atoms with Gasteiger partial charge in [0.15, 0.2) is 5.78 Å². The molecule has 27 heavy (non-hydrogen) atoms. The Morgan fingerprint density at radius 2 is 1.41 bits per heavy atom. The van der Waals surface area contributed by atoms with Crippen molar-refractivity contribution in [3.05, 3.63) is 58.6 Å². The highest BCUT2D eigenvalue weighted by molar-refractivity contribution is 9.10. The van der Waals surface area contributed by atoms with Gasteiger partial charge in [-0.2, -0.15) is 0 Å². The van der Waals surface area contributed by atoms with Crippen molar-refractivity contribution in [3.8, 4) is 5.75 Å². The molecule has 0 saturated carbocycles. The summed E-state index contributed by atoms with van der Waals surface area (Å²) in [6.07, 6.45) is -0.496. The van der Waals surface area contributed by atoms with E-state index in [1.165, 1.54) is 0 Å². The van der Waals surface area contributed by atoms with Gasteiger partial charge in [-0.1, -0.05) is 28.1 Å². The maximum atomic E-state index is 13.8. The molecule has 0 radical (unpaired) electrons. The summed E-state index contributed by atoms with van der Waals surface area (Å²) in [6, 6.07) is 15.1. The molecule has 0 bridgehead atoms. The minimum Gasteiger partial charge on any atom is -0.497 e. The van der Waals surface area contributed by atoms with Crippen molar-refractivity contribution < 1.29 is 18.3 Å². The van der Waals surface area contributed by atoms with Crippen molar-refractivity contribution >= 4 is 29.2 Å². The number of anilines is 1. The van der Waals surface area contributed by atoms with Gasteiger partial charge in [0.25, 0.3) is 0 Å². The molecule has 2 aromatic carbocycles. The first kappa shape index (κ1) is 22.0. The molecular formula is C20H27BrNO4P. The molecule has 0 aliphatic carbocycles. The van der Waals surface area contributed by atoms with Crippen molar-refractivity contribution in [3.63, 3.8) is 0 Å². The Kier molecular flexibility index (Phi) is 7.92. The Balaban J connectivity index is 2.47. The van der Waals surface area contributed by atoms with E-state index in [1.54, 1.807) is 7.11 Å². The predicted molar refractivity (Wildman–Crippen MR) is 114 cm³/mol. The fourth-order valence-electron chi connectivity index (χ4n) is 2.57. The Labute approximate surface area is 170 Å². The van der Waals surface area contributed by atoms with Crippen LogP contribution in [0.15, 0.2) is 53.0 Å². The normalized spacial score (nSPS) is 13.0. The van der Waals surface area contributed by atoms with E-state index in [0.29, 0.717) is 0 Å². The molecule has 2 rings (SSSR count). The maximum absolute atomic E-state index is 13.8. The summed E-state index contributed by atoms with van der Waals surface area (Å²) in [4.78, 5) is 0. The van der Waals surface area contributed by atoms with E-state index in [4.69, 9.17) is 13.8 Å². The fraction of sp³-hybridized carbons (Fsp3) is 0.400. The average molecular weight is 456 g/mol. The number of halogens is 1. The van der Waals surface area contributed by atoms with Crippen LogP contribution in [0.5, 0.6) is 5.75 Å². The Hall–Kier alpha value is -1.33. The smallest absolute Gasteiger partial charge is 0.357 e. The molecule has 7 heteroatoms. The zero-order valence-electron chi connectivity index (χ0n) is 16.3. The second kappa shape index (κ2) is 9.74. The van der Waals surface area contributed by atoms with Crippen molar-refractivity contribution in [1.82, 2.24) is 0 Å². The van der Waals surface area contributed by atoms with Crippen LogP contribution in [0.25, 0.3) is 0 Å². The molecule has 1 N–H and O–H groups in total. The topological polar surface area (TPSA) is 56.8 Å². The fourth-order valence-corrected chi connectivity index (χ4v) is 5.15. The third-order valence-electron chi connectivity index (χ3n) is 3.61. The van der Waals surface area contributed by atoms with Crippen LogP contribution in [0.3, 0.4) is 0 Å². The van der Waals surface area contributed by atoms with Gasteiger partial charge >= 0.3 is 7.60 Å². The molecule has 148 valence electrons. The lowest BCUT2D eigenvalue weighted by molar-refractivity contribution is 0.138. The third kappa shape index (κ3) is 6.35. The molecule has 0 spiro atoms. The molecule has 1 atom stereocenters. The van der Waals surface area contributed by atoms with Gasteiger partial charge in [0.2, 0.25) is 0 Å². The minimum atomic E-state index is -3.53. The Morgan fingerprint density at radius 1 is 0.889 bits per heavy atom. The van der Waals surface area contributed by atoms with E-state index in [-0.39, 0.29) is 12.2 Å². The Bertz CT molecular complexity index is 749. The lowest BCUT2D eigenvalue weighted by Gasteiger charge is -2.31. The first-order chi connectivity index (χ1) is 12.7. The Morgan fingerprint density at radius 3 is 1.85 bits per heavy atom. The number of ether oxygens (including phenoxy) is 1. The lowest BCUT2D eigenvalue weighted by Crippen LogP contribution is -2.19. The average Bonchev–Trinajstić information content (AvgIpc) is 2.60. The van der Waals surface area contributed by atoms with Gasteiger partial charge in [0.1, 0.15) is 5.75 Å². The van der Waals surface area contributed by atoms with E-state index >= 15 is 0 Å². The first-order valence-electron chi connectivity index (χ1n) is 8.86. The zero-order chi connectivity index (χ0) is 20.0. The standard InChI is InChI=1S/C20H27BrNO4P/c1-14(2)25-27(23,26-15(3)4)20(16-6-12-19(24-5)13-7-16)22-18-10-8-17(21)9-11-18/h6-15,20,22H,1-5H3/t20-/m1/s1. The highest BCUT2D eigenvalue weighted by Crippen LogP contribution is 2.62. The highest BCUT2D eigenvalue weighted by atomic mass is 79.9. The van der Waals surface area contributed by atoms with E-state index in [1.807, 2.05) is 76.2 Å². The number of rotatable bonds is 9. The molecule has 0 heterocycles. The predicted octanol–water partition coefficient (Wildman–Crippen LogP) is 6.61. The lowest BCUT2D eigenvalue weighted by atomic mass is 10.2. The van der Waals surface area contributed by atoms with Crippen LogP contribution in [0.4, 0.5) is 5.69 Å². The van der Waals surface area contributed by atoms with Gasteiger partial charge in [-0.15, -0.1) is 0 Å². The molecular weight excluding hydrogens is 429 g/mol. The van der Waals surface area contributed by atoms with Crippen LogP contribution in [0.2, 0.25) is 0 Å². The molecule has 0 amide bonds. The summed E-state index contributed by atoms with van der Waals surface area (Å²) in [7, 11) is -1.92. The molecule has 0 aliphatic heterocycles. The molecule has 0 aliphatic rings. The number of hydrogen-bond donors (Lipinski definition) is 1. The molecule has 0 aromatic heterocycles. The molecule has 0 saturated heterocycles. The van der Waals surface area contributed by atoms with E-state index in [2.05, 4.69) is 21.2 Å². The highest BCUT2D eigenvalue weighted by Gasteiger charge is 2.39. The molecule has 5 nitrogen and oxygen atoms in total. The van der Waals surface area contributed by atoms with Gasteiger partial charge in [0.05, 0.1) is 19.3 Å². The van der Waals surface area contributed by atoms with Gasteiger partial charge in [-0.25, -0.2) is 0 Å². The van der Waals surface area contributed by atoms with Crippen LogP contribution in [-0.2, 0) is 13.6 Å². The van der Waals surface area contributed by atoms with Crippen LogP contribution < -0.4 is 10.1 Å². The number of nitrogens with one attached hydrogen (secondary N) is 1. The first-order valence-corrected chi connectivity index (χ1v) is 11.3. The summed E-state index contributed by atoms with van der Waals surface area (Å²) in [6.45, 7) is 7.39. The van der Waals surface area contributed by atoms with Crippen molar-refractivity contribution in [2.45, 2.75) is 45.7 Å². The summed E-state index contributed by atoms with van der Waals surface area (Å²) < 4.78 is 31.7. The van der Waals surface area contributed by atoms with Crippen molar-refractivity contribution in [2.24, 2.45) is 0 Å². The summed E-state index contributed by atoms with van der Waals surface area (Å²) in [5, 5.41) is 3.34. The monoisotopic (exact) mass is 455 g/mol. The van der Waals surface area contributed by atoms with Crippen molar-refractivity contribution in [1.29, 1.82) is 0 Å². The second-order valence-corrected chi connectivity index (χ2v) is 9.61. The minimum absolute atomic E-state index is 0.248. The summed E-state index contributed by atoms with van der Waals surface area (Å²) in [5.41, 5.74) is 1.61.